The molecule has 1 N–H and O–H groups in total. The summed E-state index contributed by atoms with van der Waals surface area (Å²) in [7, 11) is 1.52. The van der Waals surface area contributed by atoms with Crippen LogP contribution in [0.4, 0.5) is 0 Å². The van der Waals surface area contributed by atoms with Crippen LogP contribution in [0.15, 0.2) is 63.5 Å². The number of fused-ring (bicyclic) bond motifs is 1. The maximum Gasteiger partial charge on any atom is 0.338 e. The van der Waals surface area contributed by atoms with Crippen LogP contribution in [0.1, 0.15) is 43.9 Å². The van der Waals surface area contributed by atoms with Gasteiger partial charge in [-0.1, -0.05) is 54.5 Å². The fourth-order valence-electron chi connectivity index (χ4n) is 4.08. The summed E-state index contributed by atoms with van der Waals surface area (Å²) in [5.41, 5.74) is 1.57. The number of ether oxygens (including phenoxy) is 2. The average molecular weight is 513 g/mol. The number of hydrogen-bond donors (Lipinski definition) is 1. The number of benzene rings is 2. The molecule has 9 heteroatoms. The van der Waals surface area contributed by atoms with Crippen LogP contribution < -0.4 is 19.6 Å². The first kappa shape index (κ1) is 24.8. The number of phenolic OH excluding ortho intramolecular Hbond substituents is 1. The molecule has 1 aliphatic rings. The van der Waals surface area contributed by atoms with Crippen LogP contribution in [-0.4, -0.2) is 29.4 Å². The summed E-state index contributed by atoms with van der Waals surface area (Å²) in [6.07, 6.45) is 2.89. The molecule has 2 heterocycles. The summed E-state index contributed by atoms with van der Waals surface area (Å²) in [6.45, 7) is 3.90. The number of thiazole rings is 1. The highest BCUT2D eigenvalue weighted by atomic mass is 35.5. The van der Waals surface area contributed by atoms with Crippen molar-refractivity contribution in [2.24, 2.45) is 4.99 Å². The highest BCUT2D eigenvalue weighted by Gasteiger charge is 2.36. The minimum absolute atomic E-state index is 0.0604. The Morgan fingerprint density at radius 3 is 2.71 bits per heavy atom. The second-order valence-corrected chi connectivity index (χ2v) is 9.30. The van der Waals surface area contributed by atoms with Crippen molar-refractivity contribution in [2.45, 2.75) is 32.7 Å². The standard InChI is InChI=1S/C26H25ClN2O5S/c1-4-8-18-22(25(32)34-5-2)23(17-14-16(27)11-12-20(17)33-3)29-24(31)21(35-26(29)28-18)13-15-9-6-7-10-19(15)30/h6-7,9-14,23,30H,4-5,8H2,1-3H3/b21-13+/t23-/m0/s1. The van der Waals surface area contributed by atoms with E-state index in [1.165, 1.54) is 23.0 Å². The number of hydrogen-bond acceptors (Lipinski definition) is 7. The predicted molar refractivity (Wildman–Crippen MR) is 136 cm³/mol. The lowest BCUT2D eigenvalue weighted by atomic mass is 9.93. The topological polar surface area (TPSA) is 90.1 Å². The van der Waals surface area contributed by atoms with Crippen molar-refractivity contribution in [1.29, 1.82) is 0 Å². The molecule has 0 aliphatic carbocycles. The van der Waals surface area contributed by atoms with E-state index in [1.807, 2.05) is 6.92 Å². The number of carbonyl (C=O) groups is 1. The Kier molecular flexibility index (Phi) is 7.42. The number of aromatic hydroxyl groups is 1. The highest BCUT2D eigenvalue weighted by Crippen LogP contribution is 2.38. The lowest BCUT2D eigenvalue weighted by Crippen LogP contribution is -2.40. The van der Waals surface area contributed by atoms with Crippen molar-refractivity contribution in [2.75, 3.05) is 13.7 Å². The van der Waals surface area contributed by atoms with Crippen molar-refractivity contribution in [3.8, 4) is 11.5 Å². The molecule has 0 amide bonds. The van der Waals surface area contributed by atoms with Gasteiger partial charge >= 0.3 is 5.97 Å². The Hall–Kier alpha value is -3.36. The lowest BCUT2D eigenvalue weighted by Gasteiger charge is -2.27. The monoisotopic (exact) mass is 512 g/mol. The number of aromatic nitrogens is 1. The fraction of sp³-hybridized carbons (Fsp3) is 0.269. The van der Waals surface area contributed by atoms with Crippen molar-refractivity contribution in [3.05, 3.63) is 89.6 Å². The summed E-state index contributed by atoms with van der Waals surface area (Å²) in [4.78, 5) is 32.2. The van der Waals surface area contributed by atoms with E-state index in [-0.39, 0.29) is 23.5 Å². The van der Waals surface area contributed by atoms with E-state index in [2.05, 4.69) is 0 Å². The van der Waals surface area contributed by atoms with Crippen molar-refractivity contribution in [3.63, 3.8) is 0 Å². The Labute approximate surface area is 211 Å². The Balaban J connectivity index is 2.07. The molecule has 0 unspecified atom stereocenters. The molecule has 1 aromatic heterocycles. The predicted octanol–water partition coefficient (Wildman–Crippen LogP) is 3.95. The van der Waals surface area contributed by atoms with Gasteiger partial charge in [0.05, 0.1) is 29.5 Å². The molecule has 0 spiro atoms. The van der Waals surface area contributed by atoms with Crippen LogP contribution in [0.25, 0.3) is 6.08 Å². The van der Waals surface area contributed by atoms with E-state index >= 15 is 0 Å². The van der Waals surface area contributed by atoms with Crippen molar-refractivity contribution >= 4 is 35.0 Å². The van der Waals surface area contributed by atoms with Gasteiger partial charge < -0.3 is 14.6 Å². The van der Waals surface area contributed by atoms with Crippen LogP contribution in [0.3, 0.4) is 0 Å². The maximum absolute atomic E-state index is 13.7. The lowest BCUT2D eigenvalue weighted by molar-refractivity contribution is -0.139. The van der Waals surface area contributed by atoms with E-state index in [1.54, 1.807) is 55.5 Å². The van der Waals surface area contributed by atoms with Crippen LogP contribution in [-0.2, 0) is 9.53 Å². The van der Waals surface area contributed by atoms with Gasteiger partial charge in [0, 0.05) is 16.1 Å². The normalized spacial score (nSPS) is 15.5. The Morgan fingerprint density at radius 2 is 2.03 bits per heavy atom. The summed E-state index contributed by atoms with van der Waals surface area (Å²) < 4.78 is 12.9. The second-order valence-electron chi connectivity index (χ2n) is 7.86. The molecular formula is C26H25ClN2O5S. The molecule has 3 aromatic rings. The van der Waals surface area contributed by atoms with Gasteiger partial charge in [0.1, 0.15) is 17.5 Å². The number of allylic oxidation sites excluding steroid dienone is 1. The third kappa shape index (κ3) is 4.76. The maximum atomic E-state index is 13.7. The molecule has 4 rings (SSSR count). The first-order valence-corrected chi connectivity index (χ1v) is 12.4. The van der Waals surface area contributed by atoms with E-state index in [9.17, 15) is 14.7 Å². The van der Waals surface area contributed by atoms with Gasteiger partial charge in [-0.05, 0) is 43.7 Å². The van der Waals surface area contributed by atoms with Crippen LogP contribution in [0, 0.1) is 0 Å². The summed E-state index contributed by atoms with van der Waals surface area (Å²) in [5.74, 6) is 0.00113. The smallest absolute Gasteiger partial charge is 0.338 e. The van der Waals surface area contributed by atoms with Gasteiger partial charge in [-0.15, -0.1) is 0 Å². The van der Waals surface area contributed by atoms with Gasteiger partial charge in [-0.2, -0.15) is 0 Å². The van der Waals surface area contributed by atoms with Crippen LogP contribution in [0.5, 0.6) is 11.5 Å². The molecule has 1 atom stereocenters. The number of rotatable bonds is 7. The third-order valence-electron chi connectivity index (χ3n) is 5.60. The number of phenols is 1. The summed E-state index contributed by atoms with van der Waals surface area (Å²) >= 11 is 7.54. The van der Waals surface area contributed by atoms with E-state index < -0.39 is 12.0 Å². The SMILES string of the molecule is CCCC1=C(C(=O)OCC)[C@H](c2cc(Cl)ccc2OC)n2c(s/c(=C/c3ccccc3O)c2=O)=N1. The van der Waals surface area contributed by atoms with Crippen LogP contribution >= 0.6 is 22.9 Å². The van der Waals surface area contributed by atoms with Gasteiger partial charge in [0.25, 0.3) is 5.56 Å². The Morgan fingerprint density at radius 1 is 1.26 bits per heavy atom. The van der Waals surface area contributed by atoms with Gasteiger partial charge in [0.15, 0.2) is 4.80 Å². The van der Waals surface area contributed by atoms with E-state index in [4.69, 9.17) is 26.1 Å². The largest absolute Gasteiger partial charge is 0.507 e. The molecule has 0 radical (unpaired) electrons. The van der Waals surface area contributed by atoms with Crippen molar-refractivity contribution in [1.82, 2.24) is 4.57 Å². The quantitative estimate of drug-likeness (QED) is 0.484. The van der Waals surface area contributed by atoms with Gasteiger partial charge in [0.2, 0.25) is 0 Å². The fourth-order valence-corrected chi connectivity index (χ4v) is 5.28. The number of para-hydroxylation sites is 1. The zero-order chi connectivity index (χ0) is 25.1. The van der Waals surface area contributed by atoms with Crippen molar-refractivity contribution < 1.29 is 19.4 Å². The van der Waals surface area contributed by atoms with Gasteiger partial charge in [-0.3, -0.25) is 9.36 Å². The minimum atomic E-state index is -0.841. The minimum Gasteiger partial charge on any atom is -0.507 e. The molecular weight excluding hydrogens is 488 g/mol. The summed E-state index contributed by atoms with van der Waals surface area (Å²) in [6, 6.07) is 11.0. The number of halogens is 1. The van der Waals surface area contributed by atoms with E-state index in [0.29, 0.717) is 43.4 Å². The molecule has 182 valence electrons. The summed E-state index contributed by atoms with van der Waals surface area (Å²) in [5, 5.41) is 10.7. The number of esters is 1. The van der Waals surface area contributed by atoms with Crippen LogP contribution in [0.2, 0.25) is 5.02 Å². The zero-order valence-electron chi connectivity index (χ0n) is 19.6. The molecule has 0 saturated heterocycles. The Bertz CT molecular complexity index is 1490. The first-order valence-electron chi connectivity index (χ1n) is 11.2. The molecule has 0 fully saturated rings. The van der Waals surface area contributed by atoms with Gasteiger partial charge in [-0.25, -0.2) is 9.79 Å². The zero-order valence-corrected chi connectivity index (χ0v) is 21.2. The molecule has 0 saturated carbocycles. The number of nitrogens with zero attached hydrogens (tertiary/aromatic N) is 2. The van der Waals surface area contributed by atoms with E-state index in [0.717, 1.165) is 6.42 Å². The third-order valence-corrected chi connectivity index (χ3v) is 6.82. The first-order chi connectivity index (χ1) is 16.9. The molecule has 7 nitrogen and oxygen atoms in total. The average Bonchev–Trinajstić information content (AvgIpc) is 3.14. The molecule has 1 aliphatic heterocycles. The molecule has 2 aromatic carbocycles. The number of carbonyl (C=O) groups excluding carboxylic acids is 1. The number of methoxy groups -OCH3 is 1. The molecule has 35 heavy (non-hydrogen) atoms. The second kappa shape index (κ2) is 10.5. The molecule has 0 bridgehead atoms. The highest BCUT2D eigenvalue weighted by molar-refractivity contribution is 7.07.